The molecule has 0 heterocycles. The summed E-state index contributed by atoms with van der Waals surface area (Å²) in [6, 6.07) is 0.190. The summed E-state index contributed by atoms with van der Waals surface area (Å²) >= 11 is 0. The van der Waals surface area contributed by atoms with Crippen LogP contribution in [0.1, 0.15) is 32.6 Å². The van der Waals surface area contributed by atoms with Gasteiger partial charge in [-0.3, -0.25) is 4.99 Å². The van der Waals surface area contributed by atoms with E-state index in [1.165, 1.54) is 19.3 Å². The average Bonchev–Trinajstić information content (AvgIpc) is 2.27. The van der Waals surface area contributed by atoms with Crippen LogP contribution < -0.4 is 11.1 Å². The molecule has 1 fully saturated rings. The molecule has 0 aromatic carbocycles. The molecule has 1 rings (SSSR count). The van der Waals surface area contributed by atoms with Crippen LogP contribution in [-0.4, -0.2) is 46.0 Å². The van der Waals surface area contributed by atoms with Crippen LogP contribution in [-0.2, 0) is 9.47 Å². The van der Waals surface area contributed by atoms with Crippen LogP contribution in [0, 0.1) is 5.41 Å². The number of ether oxygens (including phenoxy) is 2. The molecule has 1 aliphatic rings. The fourth-order valence-electron chi connectivity index (χ4n) is 2.33. The Morgan fingerprint density at radius 1 is 1.39 bits per heavy atom. The molecule has 1 saturated carbocycles. The summed E-state index contributed by atoms with van der Waals surface area (Å²) in [4.78, 5) is 4.47. The van der Waals surface area contributed by atoms with Gasteiger partial charge in [-0.1, -0.05) is 6.42 Å². The highest BCUT2D eigenvalue weighted by molar-refractivity contribution is 5.78. The molecule has 0 spiro atoms. The van der Waals surface area contributed by atoms with Gasteiger partial charge in [-0.25, -0.2) is 0 Å². The zero-order valence-electron chi connectivity index (χ0n) is 11.9. The van der Waals surface area contributed by atoms with E-state index in [0.29, 0.717) is 18.0 Å². The van der Waals surface area contributed by atoms with E-state index >= 15 is 0 Å². The molecule has 0 aromatic rings. The van der Waals surface area contributed by atoms with E-state index in [1.807, 2.05) is 6.92 Å². The van der Waals surface area contributed by atoms with Gasteiger partial charge in [0, 0.05) is 33.4 Å². The molecule has 1 unspecified atom stereocenters. The third-order valence-electron chi connectivity index (χ3n) is 3.65. The quantitative estimate of drug-likeness (QED) is 0.505. The van der Waals surface area contributed by atoms with Crippen molar-refractivity contribution < 1.29 is 9.47 Å². The lowest BCUT2D eigenvalue weighted by atomic mass is 9.67. The fraction of sp³-hybridized carbons (Fsp3) is 0.923. The van der Waals surface area contributed by atoms with Gasteiger partial charge >= 0.3 is 0 Å². The summed E-state index contributed by atoms with van der Waals surface area (Å²) in [5.41, 5.74) is 6.20. The molecule has 106 valence electrons. The topological polar surface area (TPSA) is 68.9 Å². The van der Waals surface area contributed by atoms with Crippen molar-refractivity contribution in [3.05, 3.63) is 0 Å². The number of nitrogens with two attached hydrogens (primary N) is 1. The molecule has 0 aromatic heterocycles. The maximum Gasteiger partial charge on any atom is 0.188 e. The van der Waals surface area contributed by atoms with E-state index in [1.54, 1.807) is 14.2 Å². The van der Waals surface area contributed by atoms with E-state index in [0.717, 1.165) is 19.6 Å². The molecule has 1 aliphatic carbocycles. The zero-order valence-corrected chi connectivity index (χ0v) is 11.9. The van der Waals surface area contributed by atoms with Gasteiger partial charge in [0.2, 0.25) is 0 Å². The Hall–Kier alpha value is -0.810. The second kappa shape index (κ2) is 7.59. The van der Waals surface area contributed by atoms with Crippen LogP contribution in [0.3, 0.4) is 0 Å². The first-order valence-electron chi connectivity index (χ1n) is 6.66. The smallest absolute Gasteiger partial charge is 0.188 e. The predicted molar refractivity (Wildman–Crippen MR) is 73.7 cm³/mol. The Bertz CT molecular complexity index is 265. The van der Waals surface area contributed by atoms with Crippen molar-refractivity contribution >= 4 is 5.96 Å². The molecular formula is C13H27N3O2. The van der Waals surface area contributed by atoms with E-state index < -0.39 is 0 Å². The second-order valence-electron chi connectivity index (χ2n) is 5.30. The van der Waals surface area contributed by atoms with E-state index in [-0.39, 0.29) is 6.04 Å². The summed E-state index contributed by atoms with van der Waals surface area (Å²) in [7, 11) is 3.43. The predicted octanol–water partition coefficient (Wildman–Crippen LogP) is 1.13. The first-order valence-corrected chi connectivity index (χ1v) is 6.66. The van der Waals surface area contributed by atoms with Gasteiger partial charge in [0.1, 0.15) is 0 Å². The minimum atomic E-state index is 0.190. The highest BCUT2D eigenvalue weighted by Gasteiger charge is 2.36. The third-order valence-corrected chi connectivity index (χ3v) is 3.65. The standard InChI is InChI=1S/C13H27N3O2/c1-11(9-18-3)16-12(14)15-10-13(5-4-6-13)7-8-17-2/h11H,4-10H2,1-3H3,(H3,14,15,16). The van der Waals surface area contributed by atoms with Crippen LogP contribution >= 0.6 is 0 Å². The second-order valence-corrected chi connectivity index (χ2v) is 5.30. The van der Waals surface area contributed by atoms with Crippen molar-refractivity contribution in [1.82, 2.24) is 5.32 Å². The summed E-state index contributed by atoms with van der Waals surface area (Å²) in [6.45, 7) is 4.26. The Balaban J connectivity index is 2.35. The molecule has 5 heteroatoms. The summed E-state index contributed by atoms with van der Waals surface area (Å²) in [5.74, 6) is 0.517. The lowest BCUT2D eigenvalue weighted by molar-refractivity contribution is 0.0778. The number of rotatable bonds is 8. The maximum atomic E-state index is 5.87. The summed E-state index contributed by atoms with van der Waals surface area (Å²) in [5, 5.41) is 3.13. The Labute approximate surface area is 110 Å². The van der Waals surface area contributed by atoms with Crippen molar-refractivity contribution in [2.75, 3.05) is 34.0 Å². The largest absolute Gasteiger partial charge is 0.385 e. The first-order chi connectivity index (χ1) is 8.62. The van der Waals surface area contributed by atoms with Gasteiger partial charge in [-0.2, -0.15) is 0 Å². The molecule has 1 atom stereocenters. The van der Waals surface area contributed by atoms with Crippen molar-refractivity contribution in [3.8, 4) is 0 Å². The number of nitrogens with one attached hydrogen (secondary N) is 1. The van der Waals surface area contributed by atoms with Gasteiger partial charge < -0.3 is 20.5 Å². The van der Waals surface area contributed by atoms with Crippen molar-refractivity contribution in [3.63, 3.8) is 0 Å². The van der Waals surface area contributed by atoms with Gasteiger partial charge in [0.05, 0.1) is 6.61 Å². The third kappa shape index (κ3) is 4.82. The Morgan fingerprint density at radius 2 is 2.11 bits per heavy atom. The Kier molecular flexibility index (Phi) is 6.43. The Morgan fingerprint density at radius 3 is 2.61 bits per heavy atom. The zero-order chi connectivity index (χ0) is 13.4. The van der Waals surface area contributed by atoms with E-state index in [4.69, 9.17) is 15.2 Å². The summed E-state index contributed by atoms with van der Waals surface area (Å²) in [6.07, 6.45) is 4.85. The molecule has 0 saturated heterocycles. The minimum absolute atomic E-state index is 0.190. The van der Waals surface area contributed by atoms with Crippen molar-refractivity contribution in [2.45, 2.75) is 38.6 Å². The lowest BCUT2D eigenvalue weighted by Gasteiger charge is -2.40. The molecule has 3 N–H and O–H groups in total. The normalized spacial score (nSPS) is 20.3. The lowest BCUT2D eigenvalue weighted by Crippen LogP contribution is -2.42. The molecular weight excluding hydrogens is 230 g/mol. The number of guanidine groups is 1. The van der Waals surface area contributed by atoms with E-state index in [2.05, 4.69) is 10.3 Å². The highest BCUT2D eigenvalue weighted by Crippen LogP contribution is 2.44. The van der Waals surface area contributed by atoms with Crippen molar-refractivity contribution in [2.24, 2.45) is 16.1 Å². The number of nitrogens with zero attached hydrogens (tertiary/aromatic N) is 1. The van der Waals surface area contributed by atoms with Crippen LogP contribution in [0.25, 0.3) is 0 Å². The molecule has 0 bridgehead atoms. The van der Waals surface area contributed by atoms with Crippen LogP contribution in [0.15, 0.2) is 4.99 Å². The number of hydrogen-bond donors (Lipinski definition) is 2. The van der Waals surface area contributed by atoms with Crippen molar-refractivity contribution in [1.29, 1.82) is 0 Å². The van der Waals surface area contributed by atoms with E-state index in [9.17, 15) is 0 Å². The van der Waals surface area contributed by atoms with Gasteiger partial charge in [-0.05, 0) is 31.6 Å². The fourth-order valence-corrected chi connectivity index (χ4v) is 2.33. The van der Waals surface area contributed by atoms with Gasteiger partial charge in [0.25, 0.3) is 0 Å². The van der Waals surface area contributed by atoms with Gasteiger partial charge in [0.15, 0.2) is 5.96 Å². The number of methoxy groups -OCH3 is 2. The molecule has 0 amide bonds. The molecule has 0 aliphatic heterocycles. The first kappa shape index (κ1) is 15.2. The molecule has 0 radical (unpaired) electrons. The summed E-state index contributed by atoms with van der Waals surface area (Å²) < 4.78 is 10.2. The number of hydrogen-bond acceptors (Lipinski definition) is 3. The number of aliphatic imine (C=N–C) groups is 1. The monoisotopic (exact) mass is 257 g/mol. The average molecular weight is 257 g/mol. The van der Waals surface area contributed by atoms with Gasteiger partial charge in [-0.15, -0.1) is 0 Å². The maximum absolute atomic E-state index is 5.87. The SMILES string of the molecule is COCCC1(CN=C(N)NC(C)COC)CCC1. The molecule has 5 nitrogen and oxygen atoms in total. The highest BCUT2D eigenvalue weighted by atomic mass is 16.5. The molecule has 18 heavy (non-hydrogen) atoms. The van der Waals surface area contributed by atoms with Crippen LogP contribution in [0.5, 0.6) is 0 Å². The van der Waals surface area contributed by atoms with Crippen LogP contribution in [0.2, 0.25) is 0 Å². The van der Waals surface area contributed by atoms with Crippen LogP contribution in [0.4, 0.5) is 0 Å². The minimum Gasteiger partial charge on any atom is -0.385 e.